The summed E-state index contributed by atoms with van der Waals surface area (Å²) in [6, 6.07) is 7.14. The number of rotatable bonds is 7. The maximum atomic E-state index is 12.7. The van der Waals surface area contributed by atoms with Crippen molar-refractivity contribution in [1.29, 1.82) is 0 Å². The van der Waals surface area contributed by atoms with Gasteiger partial charge in [0.05, 0.1) is 5.69 Å². The lowest BCUT2D eigenvalue weighted by Gasteiger charge is -2.22. The summed E-state index contributed by atoms with van der Waals surface area (Å²) in [5.41, 5.74) is 0.694. The van der Waals surface area contributed by atoms with Crippen LogP contribution in [0.3, 0.4) is 0 Å². The van der Waals surface area contributed by atoms with Crippen molar-refractivity contribution in [2.75, 3.05) is 25.0 Å². The van der Waals surface area contributed by atoms with E-state index in [9.17, 15) is 8.42 Å². The first-order chi connectivity index (χ1) is 9.09. The van der Waals surface area contributed by atoms with Gasteiger partial charge in [-0.25, -0.2) is 8.42 Å². The van der Waals surface area contributed by atoms with Crippen molar-refractivity contribution in [2.24, 2.45) is 5.92 Å². The number of nitrogens with zero attached hydrogens (tertiary/aromatic N) is 1. The number of sulfonamides is 1. The van der Waals surface area contributed by atoms with Gasteiger partial charge in [-0.3, -0.25) is 0 Å². The molecule has 1 aromatic carbocycles. The van der Waals surface area contributed by atoms with Crippen LogP contribution < -0.4 is 5.32 Å². The van der Waals surface area contributed by atoms with Crippen molar-refractivity contribution in [2.45, 2.75) is 31.6 Å². The molecule has 0 aromatic heterocycles. The molecule has 0 bridgehead atoms. The molecule has 0 aliphatic heterocycles. The van der Waals surface area contributed by atoms with Gasteiger partial charge < -0.3 is 5.32 Å². The summed E-state index contributed by atoms with van der Waals surface area (Å²) in [7, 11) is -3.39. The van der Waals surface area contributed by atoms with Crippen molar-refractivity contribution in [1.82, 2.24) is 4.31 Å². The van der Waals surface area contributed by atoms with E-state index in [1.165, 1.54) is 0 Å². The number of hydrogen-bond acceptors (Lipinski definition) is 3. The zero-order valence-electron chi connectivity index (χ0n) is 11.6. The maximum absolute atomic E-state index is 12.7. The number of anilines is 1. The minimum Gasteiger partial charge on any atom is -0.384 e. The van der Waals surface area contributed by atoms with Gasteiger partial charge in [0.1, 0.15) is 4.90 Å². The molecule has 0 heterocycles. The van der Waals surface area contributed by atoms with Crippen LogP contribution in [0.4, 0.5) is 5.69 Å². The third kappa shape index (κ3) is 3.28. The Balaban J connectivity index is 2.31. The van der Waals surface area contributed by atoms with Crippen LogP contribution in [0, 0.1) is 5.92 Å². The highest BCUT2D eigenvalue weighted by Crippen LogP contribution is 2.32. The second kappa shape index (κ2) is 5.92. The Morgan fingerprint density at radius 2 is 1.95 bits per heavy atom. The summed E-state index contributed by atoms with van der Waals surface area (Å²) in [5.74, 6) is 0.557. The van der Waals surface area contributed by atoms with Gasteiger partial charge in [-0.2, -0.15) is 4.31 Å². The molecule has 2 rings (SSSR count). The molecule has 106 valence electrons. The van der Waals surface area contributed by atoms with Gasteiger partial charge in [-0.1, -0.05) is 19.1 Å². The molecule has 0 atom stereocenters. The largest absolute Gasteiger partial charge is 0.384 e. The van der Waals surface area contributed by atoms with E-state index in [4.69, 9.17) is 0 Å². The van der Waals surface area contributed by atoms with Crippen LogP contribution in [-0.4, -0.2) is 32.4 Å². The molecular formula is C14H22N2O2S. The van der Waals surface area contributed by atoms with E-state index in [1.54, 1.807) is 16.4 Å². The third-order valence-corrected chi connectivity index (χ3v) is 5.38. The molecule has 1 N–H and O–H groups in total. The first-order valence-corrected chi connectivity index (χ1v) is 8.36. The van der Waals surface area contributed by atoms with Gasteiger partial charge in [0, 0.05) is 19.6 Å². The van der Waals surface area contributed by atoms with Gasteiger partial charge >= 0.3 is 0 Å². The fraction of sp³-hybridized carbons (Fsp3) is 0.571. The smallest absolute Gasteiger partial charge is 0.245 e. The fourth-order valence-electron chi connectivity index (χ4n) is 2.15. The summed E-state index contributed by atoms with van der Waals surface area (Å²) < 4.78 is 27.0. The van der Waals surface area contributed by atoms with E-state index >= 15 is 0 Å². The summed E-state index contributed by atoms with van der Waals surface area (Å²) >= 11 is 0. The van der Waals surface area contributed by atoms with Crippen LogP contribution in [0.25, 0.3) is 0 Å². The molecule has 1 aromatic rings. The highest BCUT2D eigenvalue weighted by atomic mass is 32.2. The average Bonchev–Trinajstić information content (AvgIpc) is 3.20. The SMILES string of the molecule is CCNc1ccccc1S(=O)(=O)N(CC)CC1CC1. The predicted octanol–water partition coefficient (Wildman–Crippen LogP) is 2.54. The van der Waals surface area contributed by atoms with Gasteiger partial charge in [-0.05, 0) is 37.8 Å². The molecule has 19 heavy (non-hydrogen) atoms. The Morgan fingerprint density at radius 1 is 1.26 bits per heavy atom. The van der Waals surface area contributed by atoms with Gasteiger partial charge in [0.25, 0.3) is 0 Å². The molecule has 1 fully saturated rings. The lowest BCUT2D eigenvalue weighted by atomic mass is 10.3. The Kier molecular flexibility index (Phi) is 4.47. The summed E-state index contributed by atoms with van der Waals surface area (Å²) in [5, 5.41) is 3.12. The minimum absolute atomic E-state index is 0.388. The predicted molar refractivity (Wildman–Crippen MR) is 77.8 cm³/mol. The zero-order valence-corrected chi connectivity index (χ0v) is 12.4. The number of nitrogens with one attached hydrogen (secondary N) is 1. The van der Waals surface area contributed by atoms with Gasteiger partial charge in [-0.15, -0.1) is 0 Å². The number of hydrogen-bond donors (Lipinski definition) is 1. The van der Waals surface area contributed by atoms with E-state index < -0.39 is 10.0 Å². The van der Waals surface area contributed by atoms with Crippen LogP contribution in [0.2, 0.25) is 0 Å². The van der Waals surface area contributed by atoms with E-state index in [1.807, 2.05) is 26.0 Å². The molecule has 0 amide bonds. The van der Waals surface area contributed by atoms with Gasteiger partial charge in [0.2, 0.25) is 10.0 Å². The van der Waals surface area contributed by atoms with Crippen LogP contribution in [0.15, 0.2) is 29.2 Å². The lowest BCUT2D eigenvalue weighted by Crippen LogP contribution is -2.33. The van der Waals surface area contributed by atoms with E-state index in [-0.39, 0.29) is 0 Å². The first kappa shape index (κ1) is 14.3. The maximum Gasteiger partial charge on any atom is 0.245 e. The normalized spacial score (nSPS) is 15.7. The Hall–Kier alpha value is -1.07. The topological polar surface area (TPSA) is 49.4 Å². The van der Waals surface area contributed by atoms with Crippen molar-refractivity contribution in [3.63, 3.8) is 0 Å². The quantitative estimate of drug-likeness (QED) is 0.836. The zero-order chi connectivity index (χ0) is 13.9. The van der Waals surface area contributed by atoms with Crippen LogP contribution in [-0.2, 0) is 10.0 Å². The van der Waals surface area contributed by atoms with Crippen molar-refractivity contribution < 1.29 is 8.42 Å². The highest BCUT2D eigenvalue weighted by Gasteiger charge is 2.31. The molecule has 5 heteroatoms. The summed E-state index contributed by atoms with van der Waals surface area (Å²) in [6.45, 7) is 5.75. The molecular weight excluding hydrogens is 260 g/mol. The van der Waals surface area contributed by atoms with Crippen molar-refractivity contribution in [3.8, 4) is 0 Å². The third-order valence-electron chi connectivity index (χ3n) is 3.38. The van der Waals surface area contributed by atoms with E-state index in [0.717, 1.165) is 12.8 Å². The van der Waals surface area contributed by atoms with Gasteiger partial charge in [0.15, 0.2) is 0 Å². The van der Waals surface area contributed by atoms with Crippen molar-refractivity contribution in [3.05, 3.63) is 24.3 Å². The first-order valence-electron chi connectivity index (χ1n) is 6.92. The Labute approximate surface area is 115 Å². The second-order valence-electron chi connectivity index (χ2n) is 4.93. The Bertz CT molecular complexity index is 524. The molecule has 4 nitrogen and oxygen atoms in total. The van der Waals surface area contributed by atoms with E-state index in [2.05, 4.69) is 5.32 Å². The lowest BCUT2D eigenvalue weighted by molar-refractivity contribution is 0.412. The minimum atomic E-state index is -3.39. The number of para-hydroxylation sites is 1. The molecule has 1 aliphatic carbocycles. The fourth-order valence-corrected chi connectivity index (χ4v) is 3.85. The highest BCUT2D eigenvalue weighted by molar-refractivity contribution is 7.89. The summed E-state index contributed by atoms with van der Waals surface area (Å²) in [6.07, 6.45) is 2.31. The summed E-state index contributed by atoms with van der Waals surface area (Å²) in [4.78, 5) is 0.388. The molecule has 0 unspecified atom stereocenters. The molecule has 1 aliphatic rings. The Morgan fingerprint density at radius 3 is 2.53 bits per heavy atom. The average molecular weight is 282 g/mol. The van der Waals surface area contributed by atoms with Crippen molar-refractivity contribution >= 4 is 15.7 Å². The van der Waals surface area contributed by atoms with Crippen LogP contribution in [0.1, 0.15) is 26.7 Å². The number of benzene rings is 1. The molecule has 0 radical (unpaired) electrons. The monoisotopic (exact) mass is 282 g/mol. The molecule has 0 saturated heterocycles. The molecule has 0 spiro atoms. The van der Waals surface area contributed by atoms with Crippen LogP contribution in [0.5, 0.6) is 0 Å². The van der Waals surface area contributed by atoms with E-state index in [0.29, 0.717) is 36.1 Å². The second-order valence-corrected chi connectivity index (χ2v) is 6.83. The standard InChI is InChI=1S/C14H22N2O2S/c1-3-15-13-7-5-6-8-14(13)19(17,18)16(4-2)11-12-9-10-12/h5-8,12,15H,3-4,9-11H2,1-2H3. The van der Waals surface area contributed by atoms with Crippen LogP contribution >= 0.6 is 0 Å². The molecule has 1 saturated carbocycles.